The van der Waals surface area contributed by atoms with Crippen molar-refractivity contribution in [3.8, 4) is 5.75 Å². The highest BCUT2D eigenvalue weighted by Crippen LogP contribution is 2.44. The van der Waals surface area contributed by atoms with Gasteiger partial charge in [0.1, 0.15) is 11.5 Å². The number of hydrogen-bond donors (Lipinski definition) is 1. The maximum absolute atomic E-state index is 13.6. The minimum Gasteiger partial charge on any atom is -0.507 e. The minimum absolute atomic E-state index is 0.0180. The summed E-state index contributed by atoms with van der Waals surface area (Å²) in [6.45, 7) is 10.1. The number of rotatable bonds is 7. The number of carbonyl (C=O) groups excluding carboxylic acids is 3. The Morgan fingerprint density at radius 3 is 2.30 bits per heavy atom. The van der Waals surface area contributed by atoms with E-state index in [0.717, 1.165) is 16.7 Å². The van der Waals surface area contributed by atoms with Gasteiger partial charge in [0.15, 0.2) is 0 Å². The van der Waals surface area contributed by atoms with E-state index in [4.69, 9.17) is 9.47 Å². The highest BCUT2D eigenvalue weighted by molar-refractivity contribution is 6.51. The predicted octanol–water partition coefficient (Wildman–Crippen LogP) is 6.03. The largest absolute Gasteiger partial charge is 0.507 e. The van der Waals surface area contributed by atoms with Crippen LogP contribution in [0.2, 0.25) is 0 Å². The van der Waals surface area contributed by atoms with Crippen molar-refractivity contribution < 1.29 is 29.0 Å². The van der Waals surface area contributed by atoms with Crippen molar-refractivity contribution in [3.05, 3.63) is 100 Å². The van der Waals surface area contributed by atoms with Crippen molar-refractivity contribution >= 4 is 29.1 Å². The lowest BCUT2D eigenvalue weighted by Crippen LogP contribution is -2.29. The summed E-state index contributed by atoms with van der Waals surface area (Å²) >= 11 is 0. The van der Waals surface area contributed by atoms with Crippen LogP contribution in [0.3, 0.4) is 0 Å². The quantitative estimate of drug-likeness (QED) is 0.170. The van der Waals surface area contributed by atoms with Crippen LogP contribution in [0, 0.1) is 6.92 Å². The van der Waals surface area contributed by atoms with Crippen LogP contribution >= 0.6 is 0 Å². The summed E-state index contributed by atoms with van der Waals surface area (Å²) in [6, 6.07) is 19.0. The predicted molar refractivity (Wildman–Crippen MR) is 154 cm³/mol. The molecule has 208 valence electrons. The Hall–Kier alpha value is -4.39. The normalized spacial score (nSPS) is 16.8. The van der Waals surface area contributed by atoms with E-state index < -0.39 is 17.7 Å². The Labute approximate surface area is 235 Å². The number of hydrogen-bond acceptors (Lipinski definition) is 6. The summed E-state index contributed by atoms with van der Waals surface area (Å²) in [7, 11) is 1.50. The number of methoxy groups -OCH3 is 1. The third-order valence-electron chi connectivity index (χ3n) is 6.99. The summed E-state index contributed by atoms with van der Waals surface area (Å²) in [4.78, 5) is 40.5. The fourth-order valence-electron chi connectivity index (χ4n) is 4.91. The second kappa shape index (κ2) is 11.4. The SMILES string of the molecule is CCOC(=O)Cc1ccc(N2C(=O)C(=O)/C(=C(/O)c3cc(C(C)(C)C)ccc3OC)C2c2cccc(C)c2)cc1. The number of anilines is 1. The van der Waals surface area contributed by atoms with Gasteiger partial charge >= 0.3 is 5.97 Å². The van der Waals surface area contributed by atoms with E-state index in [0.29, 0.717) is 29.2 Å². The summed E-state index contributed by atoms with van der Waals surface area (Å²) < 4.78 is 10.6. The van der Waals surface area contributed by atoms with Gasteiger partial charge < -0.3 is 14.6 Å². The van der Waals surface area contributed by atoms with E-state index in [1.165, 1.54) is 12.0 Å². The topological polar surface area (TPSA) is 93.1 Å². The molecule has 3 aromatic rings. The van der Waals surface area contributed by atoms with E-state index in [-0.39, 0.29) is 29.1 Å². The van der Waals surface area contributed by atoms with Crippen molar-refractivity contribution in [2.75, 3.05) is 18.6 Å². The Morgan fingerprint density at radius 2 is 1.70 bits per heavy atom. The number of carbonyl (C=O) groups is 3. The zero-order valence-electron chi connectivity index (χ0n) is 23.8. The summed E-state index contributed by atoms with van der Waals surface area (Å²) in [5, 5.41) is 11.7. The molecular formula is C33H35NO6. The maximum atomic E-state index is 13.6. The number of Topliss-reactive ketones (excluding diaryl/α,β-unsaturated/α-hetero) is 1. The smallest absolute Gasteiger partial charge is 0.310 e. The number of esters is 1. The van der Waals surface area contributed by atoms with E-state index in [2.05, 4.69) is 20.8 Å². The van der Waals surface area contributed by atoms with Gasteiger partial charge in [-0.1, -0.05) is 68.8 Å². The second-order valence-corrected chi connectivity index (χ2v) is 10.9. The molecule has 1 aliphatic heterocycles. The molecule has 1 amide bonds. The molecule has 1 fully saturated rings. The van der Waals surface area contributed by atoms with Crippen molar-refractivity contribution in [2.45, 2.75) is 52.5 Å². The Kier molecular flexibility index (Phi) is 8.14. The van der Waals surface area contributed by atoms with Crippen molar-refractivity contribution in [2.24, 2.45) is 0 Å². The van der Waals surface area contributed by atoms with E-state index in [1.807, 2.05) is 37.3 Å². The van der Waals surface area contributed by atoms with Gasteiger partial charge in [0.2, 0.25) is 0 Å². The molecule has 0 saturated carbocycles. The van der Waals surface area contributed by atoms with Crippen LogP contribution in [-0.2, 0) is 31.0 Å². The maximum Gasteiger partial charge on any atom is 0.310 e. The molecule has 7 heteroatoms. The molecule has 0 radical (unpaired) electrons. The number of ketones is 1. The number of aliphatic hydroxyl groups excluding tert-OH is 1. The summed E-state index contributed by atoms with van der Waals surface area (Å²) in [6.07, 6.45) is 0.0954. The molecule has 1 atom stereocenters. The lowest BCUT2D eigenvalue weighted by Gasteiger charge is -2.26. The van der Waals surface area contributed by atoms with Crippen molar-refractivity contribution in [1.82, 2.24) is 0 Å². The lowest BCUT2D eigenvalue weighted by atomic mass is 9.85. The standard InChI is InChI=1S/C33H35NO6/c1-7-40-27(35)18-21-11-14-24(15-12-21)34-29(22-10-8-9-20(2)17-22)28(31(37)32(34)38)30(36)25-19-23(33(3,4)5)13-16-26(25)39-6/h8-17,19,29,36H,7,18H2,1-6H3/b30-28+. The highest BCUT2D eigenvalue weighted by Gasteiger charge is 2.47. The molecule has 0 aromatic heterocycles. The van der Waals surface area contributed by atoms with Crippen LogP contribution in [0.4, 0.5) is 5.69 Å². The summed E-state index contributed by atoms with van der Waals surface area (Å²) in [5.41, 5.74) is 3.85. The van der Waals surface area contributed by atoms with Crippen LogP contribution in [0.25, 0.3) is 5.76 Å². The molecule has 3 aromatic carbocycles. The molecule has 1 heterocycles. The van der Waals surface area contributed by atoms with Gasteiger partial charge in [0, 0.05) is 5.69 Å². The molecule has 0 aliphatic carbocycles. The number of ether oxygens (including phenoxy) is 2. The van der Waals surface area contributed by atoms with Gasteiger partial charge in [-0.05, 0) is 60.2 Å². The average Bonchev–Trinajstić information content (AvgIpc) is 3.18. The van der Waals surface area contributed by atoms with E-state index in [9.17, 15) is 19.5 Å². The van der Waals surface area contributed by atoms with Crippen LogP contribution in [0.1, 0.15) is 61.6 Å². The molecule has 40 heavy (non-hydrogen) atoms. The third-order valence-corrected chi connectivity index (χ3v) is 6.99. The van der Waals surface area contributed by atoms with Gasteiger partial charge in [-0.25, -0.2) is 0 Å². The molecule has 1 aliphatic rings. The first kappa shape index (κ1) is 28.6. The van der Waals surface area contributed by atoms with Gasteiger partial charge in [-0.2, -0.15) is 0 Å². The van der Waals surface area contributed by atoms with E-state index >= 15 is 0 Å². The summed E-state index contributed by atoms with van der Waals surface area (Å²) in [5.74, 6) is -1.79. The monoisotopic (exact) mass is 541 g/mol. The number of benzene rings is 3. The molecule has 1 N–H and O–H groups in total. The van der Waals surface area contributed by atoms with Crippen LogP contribution in [0.5, 0.6) is 5.75 Å². The first-order valence-electron chi connectivity index (χ1n) is 13.3. The molecule has 0 spiro atoms. The van der Waals surface area contributed by atoms with Gasteiger partial charge in [-0.15, -0.1) is 0 Å². The number of amides is 1. The van der Waals surface area contributed by atoms with Gasteiger partial charge in [0.25, 0.3) is 11.7 Å². The van der Waals surface area contributed by atoms with Crippen LogP contribution in [-0.4, -0.2) is 36.5 Å². The van der Waals surface area contributed by atoms with Gasteiger partial charge in [-0.3, -0.25) is 19.3 Å². The zero-order chi connectivity index (χ0) is 29.2. The number of aliphatic hydroxyl groups is 1. The first-order chi connectivity index (χ1) is 19.0. The molecule has 7 nitrogen and oxygen atoms in total. The third kappa shape index (κ3) is 5.64. The fourth-order valence-corrected chi connectivity index (χ4v) is 4.91. The molecular weight excluding hydrogens is 506 g/mol. The molecule has 1 saturated heterocycles. The fraction of sp³-hybridized carbons (Fsp3) is 0.303. The van der Waals surface area contributed by atoms with E-state index in [1.54, 1.807) is 43.3 Å². The highest BCUT2D eigenvalue weighted by atomic mass is 16.5. The number of nitrogens with zero attached hydrogens (tertiary/aromatic N) is 1. The lowest BCUT2D eigenvalue weighted by molar-refractivity contribution is -0.142. The zero-order valence-corrected chi connectivity index (χ0v) is 23.8. The van der Waals surface area contributed by atoms with Crippen molar-refractivity contribution in [1.29, 1.82) is 0 Å². The van der Waals surface area contributed by atoms with Gasteiger partial charge in [0.05, 0.1) is 37.3 Å². The molecule has 0 bridgehead atoms. The Morgan fingerprint density at radius 1 is 1.00 bits per heavy atom. The molecule has 4 rings (SSSR count). The Bertz CT molecular complexity index is 1480. The average molecular weight is 542 g/mol. The van der Waals surface area contributed by atoms with Crippen LogP contribution < -0.4 is 9.64 Å². The minimum atomic E-state index is -0.876. The second-order valence-electron chi connectivity index (χ2n) is 10.9. The van der Waals surface area contributed by atoms with Crippen molar-refractivity contribution in [3.63, 3.8) is 0 Å². The Balaban J connectivity index is 1.89. The number of aryl methyl sites for hydroxylation is 1. The molecule has 1 unspecified atom stereocenters. The van der Waals surface area contributed by atoms with Crippen LogP contribution in [0.15, 0.2) is 72.3 Å². The first-order valence-corrected chi connectivity index (χ1v) is 13.3.